The molecule has 7 heteroatoms. The second-order valence-corrected chi connectivity index (χ2v) is 8.21. The largest absolute Gasteiger partial charge is 0.469 e. The molecule has 0 bridgehead atoms. The van der Waals surface area contributed by atoms with Gasteiger partial charge in [0.25, 0.3) is 0 Å². The molecule has 32 heavy (non-hydrogen) atoms. The summed E-state index contributed by atoms with van der Waals surface area (Å²) >= 11 is 0. The Labute approximate surface area is 187 Å². The van der Waals surface area contributed by atoms with Crippen molar-refractivity contribution in [1.82, 2.24) is 10.2 Å². The summed E-state index contributed by atoms with van der Waals surface area (Å²) in [6.07, 6.45) is 1.18. The third-order valence-electron chi connectivity index (χ3n) is 6.24. The van der Waals surface area contributed by atoms with E-state index in [1.807, 2.05) is 24.3 Å². The van der Waals surface area contributed by atoms with Crippen LogP contribution in [0.3, 0.4) is 0 Å². The molecule has 0 spiro atoms. The number of nitrogens with one attached hydrogen (secondary N) is 1. The van der Waals surface area contributed by atoms with Crippen molar-refractivity contribution in [3.05, 3.63) is 59.7 Å². The summed E-state index contributed by atoms with van der Waals surface area (Å²) in [5.74, 6) is -0.810. The number of carbonyl (C=O) groups excluding carboxylic acids is 3. The molecule has 1 aliphatic heterocycles. The van der Waals surface area contributed by atoms with Crippen LogP contribution in [0.25, 0.3) is 11.1 Å². The van der Waals surface area contributed by atoms with Gasteiger partial charge in [0, 0.05) is 25.6 Å². The molecular weight excluding hydrogens is 408 g/mol. The Morgan fingerprint density at radius 3 is 2.34 bits per heavy atom. The van der Waals surface area contributed by atoms with Gasteiger partial charge in [-0.15, -0.1) is 0 Å². The Hall–Kier alpha value is -3.35. The van der Waals surface area contributed by atoms with E-state index < -0.39 is 0 Å². The van der Waals surface area contributed by atoms with E-state index in [0.29, 0.717) is 19.5 Å². The fraction of sp³-hybridized carbons (Fsp3) is 0.400. The molecule has 1 atom stereocenters. The fourth-order valence-corrected chi connectivity index (χ4v) is 4.58. The number of hydrogen-bond donors (Lipinski definition) is 1. The number of amides is 2. The number of methoxy groups -OCH3 is 1. The number of fused-ring (bicyclic) bond motifs is 3. The molecule has 1 N–H and O–H groups in total. The molecule has 1 unspecified atom stereocenters. The maximum Gasteiger partial charge on any atom is 0.409 e. The van der Waals surface area contributed by atoms with Gasteiger partial charge in [0.05, 0.1) is 19.4 Å². The molecular formula is C25H28N2O5. The van der Waals surface area contributed by atoms with Crippen LogP contribution < -0.4 is 5.32 Å². The van der Waals surface area contributed by atoms with Crippen molar-refractivity contribution in [2.45, 2.75) is 25.2 Å². The first-order valence-electron chi connectivity index (χ1n) is 11.0. The standard InChI is InChI=1S/C25H28N2O5/c1-31-23(28)12-13-26-24(29)17-7-6-14-27(15-17)25(30)32-16-22-20-10-4-2-8-18(20)19-9-3-5-11-21(19)22/h2-5,8-11,17,22H,6-7,12-16H2,1H3,(H,26,29). The van der Waals surface area contributed by atoms with Crippen LogP contribution in [0.4, 0.5) is 4.79 Å². The summed E-state index contributed by atoms with van der Waals surface area (Å²) in [7, 11) is 1.32. The zero-order chi connectivity index (χ0) is 22.5. The van der Waals surface area contributed by atoms with Gasteiger partial charge in [-0.1, -0.05) is 48.5 Å². The number of benzene rings is 2. The first-order valence-corrected chi connectivity index (χ1v) is 11.0. The van der Waals surface area contributed by atoms with Crippen LogP contribution in [0.15, 0.2) is 48.5 Å². The minimum atomic E-state index is -0.390. The minimum Gasteiger partial charge on any atom is -0.469 e. The average molecular weight is 437 g/mol. The fourth-order valence-electron chi connectivity index (χ4n) is 4.58. The van der Waals surface area contributed by atoms with Gasteiger partial charge in [-0.2, -0.15) is 0 Å². The van der Waals surface area contributed by atoms with Crippen molar-refractivity contribution in [3.63, 3.8) is 0 Å². The van der Waals surface area contributed by atoms with Crippen LogP contribution in [-0.2, 0) is 19.1 Å². The van der Waals surface area contributed by atoms with Crippen LogP contribution in [-0.4, -0.2) is 56.2 Å². The summed E-state index contributed by atoms with van der Waals surface area (Å²) < 4.78 is 10.3. The average Bonchev–Trinajstić information content (AvgIpc) is 3.16. The normalized spacial score (nSPS) is 17.3. The highest BCUT2D eigenvalue weighted by molar-refractivity contribution is 5.81. The van der Waals surface area contributed by atoms with Crippen molar-refractivity contribution in [1.29, 1.82) is 0 Å². The summed E-state index contributed by atoms with van der Waals surface area (Å²) in [4.78, 5) is 38.1. The van der Waals surface area contributed by atoms with E-state index in [1.54, 1.807) is 4.90 Å². The molecule has 1 saturated heterocycles. The number of nitrogens with zero attached hydrogens (tertiary/aromatic N) is 1. The number of likely N-dealkylation sites (tertiary alicyclic amines) is 1. The van der Waals surface area contributed by atoms with Crippen molar-refractivity contribution in [2.75, 3.05) is 33.4 Å². The van der Waals surface area contributed by atoms with E-state index in [-0.39, 0.29) is 49.4 Å². The lowest BCUT2D eigenvalue weighted by Gasteiger charge is -2.31. The highest BCUT2D eigenvalue weighted by Crippen LogP contribution is 2.44. The van der Waals surface area contributed by atoms with Crippen molar-refractivity contribution in [2.24, 2.45) is 5.92 Å². The van der Waals surface area contributed by atoms with Crippen LogP contribution in [0.1, 0.15) is 36.3 Å². The number of hydrogen-bond acceptors (Lipinski definition) is 5. The summed E-state index contributed by atoms with van der Waals surface area (Å²) in [6.45, 7) is 1.38. The van der Waals surface area contributed by atoms with Crippen molar-refractivity contribution in [3.8, 4) is 11.1 Å². The number of carbonyl (C=O) groups is 3. The first kappa shape index (κ1) is 21.9. The maximum atomic E-state index is 12.8. The SMILES string of the molecule is COC(=O)CCNC(=O)C1CCCN(C(=O)OCC2c3ccccc3-c3ccccc32)C1. The predicted octanol–water partition coefficient (Wildman–Crippen LogP) is 3.33. The number of piperidine rings is 1. The van der Waals surface area contributed by atoms with E-state index in [1.165, 1.54) is 29.4 Å². The second-order valence-electron chi connectivity index (χ2n) is 8.21. The highest BCUT2D eigenvalue weighted by atomic mass is 16.6. The molecule has 0 radical (unpaired) electrons. The van der Waals surface area contributed by atoms with Gasteiger partial charge in [-0.3, -0.25) is 9.59 Å². The van der Waals surface area contributed by atoms with Crippen LogP contribution in [0.5, 0.6) is 0 Å². The van der Waals surface area contributed by atoms with Gasteiger partial charge < -0.3 is 19.7 Å². The van der Waals surface area contributed by atoms with Crippen LogP contribution in [0.2, 0.25) is 0 Å². The Morgan fingerprint density at radius 2 is 1.69 bits per heavy atom. The zero-order valence-electron chi connectivity index (χ0n) is 18.2. The van der Waals surface area contributed by atoms with Gasteiger partial charge in [0.15, 0.2) is 0 Å². The summed E-state index contributed by atoms with van der Waals surface area (Å²) in [5.41, 5.74) is 4.71. The maximum absolute atomic E-state index is 12.8. The van der Waals surface area contributed by atoms with Crippen LogP contribution >= 0.6 is 0 Å². The molecule has 0 saturated carbocycles. The minimum absolute atomic E-state index is 0.00792. The third-order valence-corrected chi connectivity index (χ3v) is 6.24. The van der Waals surface area contributed by atoms with E-state index in [4.69, 9.17) is 4.74 Å². The van der Waals surface area contributed by atoms with E-state index >= 15 is 0 Å². The third kappa shape index (κ3) is 4.61. The molecule has 7 nitrogen and oxygen atoms in total. The molecule has 2 amide bonds. The lowest BCUT2D eigenvalue weighted by Crippen LogP contribution is -2.46. The van der Waals surface area contributed by atoms with Crippen molar-refractivity contribution >= 4 is 18.0 Å². The smallest absolute Gasteiger partial charge is 0.409 e. The van der Waals surface area contributed by atoms with E-state index in [2.05, 4.69) is 34.3 Å². The summed E-state index contributed by atoms with van der Waals surface area (Å²) in [5, 5.41) is 2.76. The zero-order valence-corrected chi connectivity index (χ0v) is 18.2. The molecule has 1 aliphatic carbocycles. The van der Waals surface area contributed by atoms with Gasteiger partial charge >= 0.3 is 12.1 Å². The van der Waals surface area contributed by atoms with Gasteiger partial charge in [-0.05, 0) is 35.1 Å². The molecule has 2 aliphatic rings. The molecule has 168 valence electrons. The molecule has 1 fully saturated rings. The lowest BCUT2D eigenvalue weighted by atomic mass is 9.97. The topological polar surface area (TPSA) is 84.9 Å². The predicted molar refractivity (Wildman–Crippen MR) is 119 cm³/mol. The van der Waals surface area contributed by atoms with E-state index in [0.717, 1.165) is 6.42 Å². The molecule has 2 aromatic rings. The number of ether oxygens (including phenoxy) is 2. The molecule has 0 aromatic heterocycles. The quantitative estimate of drug-likeness (QED) is 0.702. The van der Waals surface area contributed by atoms with E-state index in [9.17, 15) is 14.4 Å². The summed E-state index contributed by atoms with van der Waals surface area (Å²) in [6, 6.07) is 16.4. The Kier molecular flexibility index (Phi) is 6.73. The van der Waals surface area contributed by atoms with Gasteiger partial charge in [0.1, 0.15) is 6.61 Å². The number of rotatable bonds is 6. The highest BCUT2D eigenvalue weighted by Gasteiger charge is 2.32. The number of esters is 1. The molecule has 2 aromatic carbocycles. The Bertz CT molecular complexity index is 960. The Morgan fingerprint density at radius 1 is 1.03 bits per heavy atom. The van der Waals surface area contributed by atoms with Gasteiger partial charge in [0.2, 0.25) is 5.91 Å². The monoisotopic (exact) mass is 436 g/mol. The van der Waals surface area contributed by atoms with Gasteiger partial charge in [-0.25, -0.2) is 4.79 Å². The van der Waals surface area contributed by atoms with Crippen LogP contribution in [0, 0.1) is 5.92 Å². The lowest BCUT2D eigenvalue weighted by molar-refractivity contribution is -0.140. The molecule has 1 heterocycles. The first-order chi connectivity index (χ1) is 15.6. The Balaban J connectivity index is 1.33. The second kappa shape index (κ2) is 9.85. The molecule has 4 rings (SSSR count). The van der Waals surface area contributed by atoms with Crippen molar-refractivity contribution < 1.29 is 23.9 Å².